The van der Waals surface area contributed by atoms with Gasteiger partial charge in [0.2, 0.25) is 0 Å². The average Bonchev–Trinajstić information content (AvgIpc) is 2.60. The molecule has 2 aromatic rings. The molecule has 0 saturated heterocycles. The Morgan fingerprint density at radius 2 is 2.13 bits per heavy atom. The van der Waals surface area contributed by atoms with E-state index in [-0.39, 0.29) is 0 Å². The van der Waals surface area contributed by atoms with Gasteiger partial charge in [0, 0.05) is 18.8 Å². The second kappa shape index (κ2) is 4.07. The van der Waals surface area contributed by atoms with Crippen LogP contribution in [-0.4, -0.2) is 11.1 Å². The third-order valence-corrected chi connectivity index (χ3v) is 3.08. The van der Waals surface area contributed by atoms with Crippen molar-refractivity contribution in [2.75, 3.05) is 6.54 Å². The van der Waals surface area contributed by atoms with Crippen LogP contribution in [0.3, 0.4) is 0 Å². The molecule has 0 radical (unpaired) electrons. The fourth-order valence-electron chi connectivity index (χ4n) is 2.00. The van der Waals surface area contributed by atoms with E-state index < -0.39 is 0 Å². The van der Waals surface area contributed by atoms with Gasteiger partial charge in [-0.05, 0) is 42.0 Å². The molecule has 1 heterocycles. The maximum absolute atomic E-state index is 5.58. The van der Waals surface area contributed by atoms with E-state index in [1.54, 1.807) is 0 Å². The van der Waals surface area contributed by atoms with Gasteiger partial charge in [-0.3, -0.25) is 0 Å². The van der Waals surface area contributed by atoms with Gasteiger partial charge >= 0.3 is 0 Å². The zero-order valence-corrected chi connectivity index (χ0v) is 9.40. The second-order valence-electron chi connectivity index (χ2n) is 4.22. The summed E-state index contributed by atoms with van der Waals surface area (Å²) < 4.78 is 2.16. The van der Waals surface area contributed by atoms with Gasteiger partial charge in [-0.15, -0.1) is 0 Å². The Labute approximate surface area is 90.7 Å². The lowest BCUT2D eigenvalue weighted by atomic mass is 9.97. The lowest BCUT2D eigenvalue weighted by Gasteiger charge is -2.10. The van der Waals surface area contributed by atoms with Crippen LogP contribution in [-0.2, 0) is 7.05 Å². The first-order chi connectivity index (χ1) is 7.22. The minimum atomic E-state index is 0.550. The van der Waals surface area contributed by atoms with Crippen molar-refractivity contribution in [3.8, 4) is 0 Å². The molecule has 0 bridgehead atoms. The highest BCUT2D eigenvalue weighted by Crippen LogP contribution is 2.23. The number of aryl methyl sites for hydroxylation is 1. The number of benzene rings is 1. The summed E-state index contributed by atoms with van der Waals surface area (Å²) in [6, 6.07) is 8.82. The lowest BCUT2D eigenvalue weighted by Crippen LogP contribution is -2.04. The molecule has 0 aliphatic rings. The van der Waals surface area contributed by atoms with Crippen molar-refractivity contribution in [2.45, 2.75) is 19.3 Å². The van der Waals surface area contributed by atoms with Gasteiger partial charge in [-0.1, -0.05) is 19.1 Å². The van der Waals surface area contributed by atoms with Crippen LogP contribution in [0.2, 0.25) is 0 Å². The molecule has 0 saturated carbocycles. The molecule has 2 heteroatoms. The highest BCUT2D eigenvalue weighted by molar-refractivity contribution is 5.80. The number of fused-ring (bicyclic) bond motifs is 1. The van der Waals surface area contributed by atoms with E-state index in [0.717, 1.165) is 13.0 Å². The Hall–Kier alpha value is -1.28. The average molecular weight is 202 g/mol. The summed E-state index contributed by atoms with van der Waals surface area (Å²) in [4.78, 5) is 0. The SMILES string of the molecule is CC(CCN)c1ccc2ccn(C)c2c1. The Bertz CT molecular complexity index is 457. The second-order valence-corrected chi connectivity index (χ2v) is 4.22. The van der Waals surface area contributed by atoms with Gasteiger partial charge in [0.15, 0.2) is 0 Å². The van der Waals surface area contributed by atoms with Crippen LogP contribution in [0.15, 0.2) is 30.5 Å². The van der Waals surface area contributed by atoms with E-state index in [1.165, 1.54) is 16.5 Å². The van der Waals surface area contributed by atoms with E-state index >= 15 is 0 Å². The van der Waals surface area contributed by atoms with Crippen molar-refractivity contribution >= 4 is 10.9 Å². The summed E-state index contributed by atoms with van der Waals surface area (Å²) in [7, 11) is 2.08. The topological polar surface area (TPSA) is 30.9 Å². The van der Waals surface area contributed by atoms with Crippen LogP contribution in [0.25, 0.3) is 10.9 Å². The highest BCUT2D eigenvalue weighted by atomic mass is 14.9. The molecule has 1 unspecified atom stereocenters. The molecule has 15 heavy (non-hydrogen) atoms. The highest BCUT2D eigenvalue weighted by Gasteiger charge is 2.06. The third-order valence-electron chi connectivity index (χ3n) is 3.08. The fraction of sp³-hybridized carbons (Fsp3) is 0.385. The first kappa shape index (κ1) is 10.2. The third kappa shape index (κ3) is 1.90. The van der Waals surface area contributed by atoms with Crippen LogP contribution < -0.4 is 5.73 Å². The van der Waals surface area contributed by atoms with Crippen LogP contribution >= 0.6 is 0 Å². The molecule has 80 valence electrons. The molecule has 0 amide bonds. The monoisotopic (exact) mass is 202 g/mol. The first-order valence-corrected chi connectivity index (χ1v) is 5.47. The molecule has 1 aromatic carbocycles. The minimum Gasteiger partial charge on any atom is -0.351 e. The van der Waals surface area contributed by atoms with Crippen molar-refractivity contribution < 1.29 is 0 Å². The van der Waals surface area contributed by atoms with Crippen molar-refractivity contribution in [2.24, 2.45) is 12.8 Å². The van der Waals surface area contributed by atoms with Crippen molar-refractivity contribution in [1.82, 2.24) is 4.57 Å². The van der Waals surface area contributed by atoms with Crippen molar-refractivity contribution in [1.29, 1.82) is 0 Å². The number of aromatic nitrogens is 1. The molecule has 2 rings (SSSR count). The van der Waals surface area contributed by atoms with Gasteiger partial charge in [-0.2, -0.15) is 0 Å². The summed E-state index contributed by atoms with van der Waals surface area (Å²) in [6.07, 6.45) is 3.15. The zero-order chi connectivity index (χ0) is 10.8. The number of nitrogens with zero attached hydrogens (tertiary/aromatic N) is 1. The first-order valence-electron chi connectivity index (χ1n) is 5.47. The predicted octanol–water partition coefficient (Wildman–Crippen LogP) is 2.63. The van der Waals surface area contributed by atoms with E-state index in [2.05, 4.69) is 49.0 Å². The molecule has 0 spiro atoms. The Morgan fingerprint density at radius 1 is 1.33 bits per heavy atom. The molecule has 0 fully saturated rings. The van der Waals surface area contributed by atoms with Crippen LogP contribution in [0, 0.1) is 0 Å². The normalized spacial score (nSPS) is 13.3. The van der Waals surface area contributed by atoms with Gasteiger partial charge < -0.3 is 10.3 Å². The molecule has 1 atom stereocenters. The molecule has 1 aromatic heterocycles. The fourth-order valence-corrected chi connectivity index (χ4v) is 2.00. The summed E-state index contributed by atoms with van der Waals surface area (Å²) in [5.74, 6) is 0.550. The van der Waals surface area contributed by atoms with Crippen LogP contribution in [0.1, 0.15) is 24.8 Å². The molecular weight excluding hydrogens is 184 g/mol. The number of nitrogens with two attached hydrogens (primary N) is 1. The number of hydrogen-bond donors (Lipinski definition) is 1. The summed E-state index contributed by atoms with van der Waals surface area (Å²) >= 11 is 0. The molecule has 2 N–H and O–H groups in total. The predicted molar refractivity (Wildman–Crippen MR) is 65.0 cm³/mol. The van der Waals surface area contributed by atoms with Crippen LogP contribution in [0.5, 0.6) is 0 Å². The quantitative estimate of drug-likeness (QED) is 0.815. The van der Waals surface area contributed by atoms with Gasteiger partial charge in [-0.25, -0.2) is 0 Å². The maximum atomic E-state index is 5.58. The van der Waals surface area contributed by atoms with E-state index in [4.69, 9.17) is 5.73 Å². The smallest absolute Gasteiger partial charge is 0.0480 e. The standard InChI is InChI=1S/C13H18N2/c1-10(5-7-14)12-4-3-11-6-8-15(2)13(11)9-12/h3-4,6,8-10H,5,7,14H2,1-2H3. The zero-order valence-electron chi connectivity index (χ0n) is 9.40. The summed E-state index contributed by atoms with van der Waals surface area (Å²) in [5, 5.41) is 1.31. The largest absolute Gasteiger partial charge is 0.351 e. The van der Waals surface area contributed by atoms with Gasteiger partial charge in [0.05, 0.1) is 0 Å². The van der Waals surface area contributed by atoms with E-state index in [0.29, 0.717) is 5.92 Å². The van der Waals surface area contributed by atoms with E-state index in [1.807, 2.05) is 0 Å². The molecule has 2 nitrogen and oxygen atoms in total. The summed E-state index contributed by atoms with van der Waals surface area (Å²) in [5.41, 5.74) is 8.27. The molecule has 0 aliphatic heterocycles. The Balaban J connectivity index is 2.41. The van der Waals surface area contributed by atoms with E-state index in [9.17, 15) is 0 Å². The van der Waals surface area contributed by atoms with Crippen molar-refractivity contribution in [3.63, 3.8) is 0 Å². The maximum Gasteiger partial charge on any atom is 0.0480 e. The van der Waals surface area contributed by atoms with Crippen molar-refractivity contribution in [3.05, 3.63) is 36.0 Å². The Morgan fingerprint density at radius 3 is 2.87 bits per heavy atom. The Kier molecular flexibility index (Phi) is 2.78. The molecule has 0 aliphatic carbocycles. The van der Waals surface area contributed by atoms with Gasteiger partial charge in [0.25, 0.3) is 0 Å². The summed E-state index contributed by atoms with van der Waals surface area (Å²) in [6.45, 7) is 2.99. The minimum absolute atomic E-state index is 0.550. The van der Waals surface area contributed by atoms with Gasteiger partial charge in [0.1, 0.15) is 0 Å². The number of rotatable bonds is 3. The molecular formula is C13H18N2. The lowest BCUT2D eigenvalue weighted by molar-refractivity contribution is 0.690. The van der Waals surface area contributed by atoms with Crippen LogP contribution in [0.4, 0.5) is 0 Å². The number of hydrogen-bond acceptors (Lipinski definition) is 1.